The number of oxime groups is 1. The van der Waals surface area contributed by atoms with Crippen LogP contribution in [0.4, 0.5) is 5.13 Å². The van der Waals surface area contributed by atoms with Gasteiger partial charge >= 0.3 is 17.1 Å². The van der Waals surface area contributed by atoms with Gasteiger partial charge in [-0.3, -0.25) is 28.6 Å². The number of nitrogens with zero attached hydrogens (tertiary/aromatic N) is 5. The maximum atomic E-state index is 13.0. The van der Waals surface area contributed by atoms with Crippen LogP contribution in [0.2, 0.25) is 0 Å². The molecule has 2 aromatic heterocycles. The zero-order valence-corrected chi connectivity index (χ0v) is 21.2. The Morgan fingerprint density at radius 1 is 1.36 bits per heavy atom. The lowest BCUT2D eigenvalue weighted by atomic mass is 10.0. The predicted octanol–water partition coefficient (Wildman–Crippen LogP) is -1.27. The molecule has 0 spiro atoms. The van der Waals surface area contributed by atoms with Crippen molar-refractivity contribution in [3.05, 3.63) is 42.4 Å². The van der Waals surface area contributed by atoms with Crippen LogP contribution < -0.4 is 22.2 Å². The summed E-state index contributed by atoms with van der Waals surface area (Å²) < 4.78 is 0.988. The fourth-order valence-corrected chi connectivity index (χ4v) is 6.59. The molecule has 36 heavy (non-hydrogen) atoms. The first-order valence-electron chi connectivity index (χ1n) is 9.98. The summed E-state index contributed by atoms with van der Waals surface area (Å²) in [5.74, 6) is -2.77. The van der Waals surface area contributed by atoms with E-state index in [0.717, 1.165) is 32.6 Å². The van der Waals surface area contributed by atoms with E-state index in [2.05, 4.69) is 25.7 Å². The molecule has 1 saturated heterocycles. The number of thiazole rings is 1. The number of aliphatic carboxylic acids is 1. The maximum absolute atomic E-state index is 13.0. The van der Waals surface area contributed by atoms with Crippen LogP contribution in [0.5, 0.6) is 0 Å². The van der Waals surface area contributed by atoms with Crippen molar-refractivity contribution in [3.8, 4) is 0 Å². The van der Waals surface area contributed by atoms with E-state index in [1.165, 1.54) is 31.3 Å². The number of nitrogen functional groups attached to an aromatic ring is 1. The summed E-state index contributed by atoms with van der Waals surface area (Å²) in [4.78, 5) is 71.6. The van der Waals surface area contributed by atoms with E-state index in [0.29, 0.717) is 0 Å². The van der Waals surface area contributed by atoms with Gasteiger partial charge in [0.15, 0.2) is 16.0 Å². The van der Waals surface area contributed by atoms with Gasteiger partial charge in [0.2, 0.25) is 0 Å². The molecule has 190 valence electrons. The molecule has 2 aliphatic heterocycles. The maximum Gasteiger partial charge on any atom is 0.353 e. The summed E-state index contributed by atoms with van der Waals surface area (Å²) in [6, 6.07) is -1.04. The molecule has 3 atom stereocenters. The van der Waals surface area contributed by atoms with Crippen LogP contribution in [0.3, 0.4) is 0 Å². The third kappa shape index (κ3) is 4.37. The molecule has 0 aromatic carbocycles. The quantitative estimate of drug-likeness (QED) is 0.136. The van der Waals surface area contributed by atoms with Crippen LogP contribution in [0.15, 0.2) is 35.9 Å². The van der Waals surface area contributed by atoms with Gasteiger partial charge in [-0.05, 0) is 6.92 Å². The molecule has 2 unspecified atom stereocenters. The first-order chi connectivity index (χ1) is 17.0. The molecule has 4 rings (SSSR count). The molecule has 0 bridgehead atoms. The number of carbonyl (C=O) groups is 3. The molecule has 2 aliphatic rings. The Bertz CT molecular complexity index is 1440. The van der Waals surface area contributed by atoms with Crippen molar-refractivity contribution in [1.82, 2.24) is 30.0 Å². The highest BCUT2D eigenvalue weighted by Crippen LogP contribution is 2.48. The van der Waals surface area contributed by atoms with Crippen LogP contribution in [0.25, 0.3) is 0 Å². The zero-order chi connectivity index (χ0) is 26.3. The number of carboxylic acids is 1. The number of aromatic amines is 1. The molecule has 18 heteroatoms. The number of amides is 2. The van der Waals surface area contributed by atoms with Gasteiger partial charge in [0.25, 0.3) is 11.8 Å². The molecule has 2 aromatic rings. The number of fused-ring (bicyclic) bond motifs is 1. The van der Waals surface area contributed by atoms with Gasteiger partial charge in [-0.2, -0.15) is 0 Å². The summed E-state index contributed by atoms with van der Waals surface area (Å²) in [5, 5.41) is 22.6. The van der Waals surface area contributed by atoms with Crippen LogP contribution >= 0.6 is 34.9 Å². The first kappa shape index (κ1) is 25.5. The Hall–Kier alpha value is -3.64. The molecule has 1 fully saturated rings. The highest BCUT2D eigenvalue weighted by molar-refractivity contribution is 8.06. The molecular weight excluding hydrogens is 536 g/mol. The van der Waals surface area contributed by atoms with Crippen LogP contribution in [-0.2, 0) is 26.3 Å². The third-order valence-corrected chi connectivity index (χ3v) is 8.67. The lowest BCUT2D eigenvalue weighted by Gasteiger charge is -2.50. The Labute approximate surface area is 213 Å². The van der Waals surface area contributed by atoms with Gasteiger partial charge in [0, 0.05) is 22.6 Å². The SMILES string of the molecule is CO/N=C(\C(=O)NC1C(=O)N2C(C(=O)O)=C(Sc3n[nH]c(=O)c(=O)n3C)C(C)S[C@H]12)c1csc(N)n1. The first-order valence-corrected chi connectivity index (χ1v) is 12.6. The Morgan fingerprint density at radius 2 is 2.08 bits per heavy atom. The highest BCUT2D eigenvalue weighted by Gasteiger charge is 2.56. The lowest BCUT2D eigenvalue weighted by Crippen LogP contribution is -2.71. The van der Waals surface area contributed by atoms with Gasteiger partial charge < -0.3 is 21.0 Å². The number of nitrogens with two attached hydrogens (primary N) is 1. The van der Waals surface area contributed by atoms with Crippen molar-refractivity contribution < 1.29 is 24.3 Å². The lowest BCUT2D eigenvalue weighted by molar-refractivity contribution is -0.150. The molecule has 15 nitrogen and oxygen atoms in total. The van der Waals surface area contributed by atoms with Gasteiger partial charge in [-0.15, -0.1) is 28.2 Å². The number of hydrogen-bond acceptors (Lipinski definition) is 13. The van der Waals surface area contributed by atoms with Crippen molar-refractivity contribution in [2.75, 3.05) is 12.8 Å². The molecule has 0 aliphatic carbocycles. The van der Waals surface area contributed by atoms with E-state index in [9.17, 15) is 29.1 Å². The second kappa shape index (κ2) is 9.78. The van der Waals surface area contributed by atoms with Crippen LogP contribution in [-0.4, -0.2) is 77.0 Å². The van der Waals surface area contributed by atoms with Gasteiger partial charge in [0.1, 0.15) is 29.9 Å². The molecular formula is C18H18N8O7S3. The standard InChI is InChI=1S/C18H18N8O7S3/c1-5-10(36-18-23-22-12(28)14(30)25(18)2)9(16(31)32)26-13(29)8(15(26)35-5)21-11(27)7(24-33-3)6-4-34-17(19)20-6/h4-5,8,15H,1-3H3,(H2,19,20)(H,21,27)(H,22,28)(H,31,32)/b24-7-/t5?,8?,15-/m1/s1. The van der Waals surface area contributed by atoms with Crippen molar-refractivity contribution in [2.45, 2.75) is 28.7 Å². The largest absolute Gasteiger partial charge is 0.477 e. The monoisotopic (exact) mass is 554 g/mol. The number of carbonyl (C=O) groups excluding carboxylic acids is 2. The van der Waals surface area contributed by atoms with Crippen LogP contribution in [0, 0.1) is 0 Å². The summed E-state index contributed by atoms with van der Waals surface area (Å²) in [5.41, 5.74) is 3.51. The number of aromatic nitrogens is 4. The van der Waals surface area contributed by atoms with Gasteiger partial charge in [0.05, 0.1) is 0 Å². The summed E-state index contributed by atoms with van der Waals surface area (Å²) in [7, 11) is 2.57. The average Bonchev–Trinajstić information content (AvgIpc) is 3.27. The van der Waals surface area contributed by atoms with E-state index >= 15 is 0 Å². The van der Waals surface area contributed by atoms with Crippen molar-refractivity contribution in [2.24, 2.45) is 12.2 Å². The number of thioether (sulfide) groups is 2. The summed E-state index contributed by atoms with van der Waals surface area (Å²) in [6.07, 6.45) is 0. The number of hydrogen-bond donors (Lipinski definition) is 4. The van der Waals surface area contributed by atoms with Crippen molar-refractivity contribution in [1.29, 1.82) is 0 Å². The van der Waals surface area contributed by atoms with Gasteiger partial charge in [-0.25, -0.2) is 14.9 Å². The van der Waals surface area contributed by atoms with Crippen molar-refractivity contribution in [3.63, 3.8) is 0 Å². The fraction of sp³-hybridized carbons (Fsp3) is 0.333. The highest BCUT2D eigenvalue weighted by atomic mass is 32.2. The van der Waals surface area contributed by atoms with E-state index in [4.69, 9.17) is 10.6 Å². The zero-order valence-electron chi connectivity index (χ0n) is 18.7. The summed E-state index contributed by atoms with van der Waals surface area (Å²) >= 11 is 3.18. The minimum Gasteiger partial charge on any atom is -0.477 e. The Morgan fingerprint density at radius 3 is 2.69 bits per heavy atom. The average molecular weight is 555 g/mol. The van der Waals surface area contributed by atoms with E-state index in [1.54, 1.807) is 6.92 Å². The number of rotatable bonds is 7. The van der Waals surface area contributed by atoms with Gasteiger partial charge in [-0.1, -0.05) is 16.9 Å². The van der Waals surface area contributed by atoms with E-state index < -0.39 is 45.6 Å². The van der Waals surface area contributed by atoms with E-state index in [-0.39, 0.29) is 32.3 Å². The fourth-order valence-electron chi connectivity index (χ4n) is 3.45. The number of β-lactam (4-membered cyclic amide) rings is 1. The number of anilines is 1. The van der Waals surface area contributed by atoms with Crippen molar-refractivity contribution >= 4 is 63.5 Å². The third-order valence-electron chi connectivity index (χ3n) is 5.12. The number of carboxylic acid groups (broad SMARTS) is 1. The number of nitrogens with one attached hydrogen (secondary N) is 2. The molecule has 0 radical (unpaired) electrons. The van der Waals surface area contributed by atoms with E-state index in [1.807, 2.05) is 0 Å². The minimum atomic E-state index is -1.37. The molecule has 0 saturated carbocycles. The second-order valence-corrected chi connectivity index (χ2v) is 10.7. The Balaban J connectivity index is 1.61. The number of H-pyrrole nitrogens is 1. The molecule has 4 heterocycles. The minimum absolute atomic E-state index is 0.0417. The second-order valence-electron chi connectivity index (χ2n) is 7.34. The molecule has 2 amide bonds. The van der Waals surface area contributed by atoms with Crippen LogP contribution in [0.1, 0.15) is 12.6 Å². The summed E-state index contributed by atoms with van der Waals surface area (Å²) in [6.45, 7) is 1.72. The topological polar surface area (TPSA) is 215 Å². The molecule has 5 N–H and O–H groups in total. The smallest absolute Gasteiger partial charge is 0.353 e. The predicted molar refractivity (Wildman–Crippen MR) is 130 cm³/mol. The normalized spacial score (nSPS) is 21.6. The Kier molecular flexibility index (Phi) is 6.92.